The molecule has 0 unspecified atom stereocenters. The van der Waals surface area contributed by atoms with Gasteiger partial charge in [0, 0.05) is 9.92 Å². The molecule has 0 heterocycles. The van der Waals surface area contributed by atoms with Crippen LogP contribution in [0.1, 0.15) is 21.5 Å². The summed E-state index contributed by atoms with van der Waals surface area (Å²) < 4.78 is 5.12. The summed E-state index contributed by atoms with van der Waals surface area (Å²) in [5.74, 6) is -0.239. The van der Waals surface area contributed by atoms with Gasteiger partial charge in [0.2, 0.25) is 5.91 Å². The maximum Gasteiger partial charge on any atom is 0.273 e. The van der Waals surface area contributed by atoms with Crippen molar-refractivity contribution in [2.24, 2.45) is 0 Å². The van der Waals surface area contributed by atoms with E-state index in [0.29, 0.717) is 10.8 Å². The van der Waals surface area contributed by atoms with Crippen LogP contribution in [0, 0.1) is 13.8 Å². The molecule has 0 fully saturated rings. The quantitative estimate of drug-likeness (QED) is 0.617. The smallest absolute Gasteiger partial charge is 0.273 e. The zero-order valence-corrected chi connectivity index (χ0v) is 15.8. The van der Waals surface area contributed by atoms with Crippen molar-refractivity contribution in [2.45, 2.75) is 18.7 Å². The van der Waals surface area contributed by atoms with E-state index in [-0.39, 0.29) is 17.2 Å². The molecule has 2 aromatic rings. The fourth-order valence-corrected chi connectivity index (χ4v) is 3.01. The van der Waals surface area contributed by atoms with Gasteiger partial charge in [0.1, 0.15) is 5.75 Å². The fourth-order valence-electron chi connectivity index (χ4n) is 2.04. The first-order valence-corrected chi connectivity index (χ1v) is 8.90. The van der Waals surface area contributed by atoms with Crippen LogP contribution in [0.15, 0.2) is 41.3 Å². The highest BCUT2D eigenvalue weighted by atomic mass is 35.5. The van der Waals surface area contributed by atoms with Gasteiger partial charge < -0.3 is 4.74 Å². The first-order valence-electron chi connectivity index (χ1n) is 7.53. The predicted octanol–water partition coefficient (Wildman–Crippen LogP) is 3.52. The van der Waals surface area contributed by atoms with Crippen LogP contribution in [0.3, 0.4) is 0 Å². The molecule has 0 radical (unpaired) electrons. The van der Waals surface area contributed by atoms with Gasteiger partial charge in [0.25, 0.3) is 5.91 Å². The molecule has 0 saturated carbocycles. The number of benzene rings is 2. The first-order chi connectivity index (χ1) is 11.9. The Balaban J connectivity index is 1.88. The summed E-state index contributed by atoms with van der Waals surface area (Å²) in [4.78, 5) is 25.1. The number of amides is 2. The molecule has 2 aromatic carbocycles. The number of halogens is 1. The second-order valence-electron chi connectivity index (χ2n) is 5.38. The molecule has 0 bridgehead atoms. The van der Waals surface area contributed by atoms with Gasteiger partial charge in [0.05, 0.1) is 18.4 Å². The number of carbonyl (C=O) groups is 2. The van der Waals surface area contributed by atoms with Crippen LogP contribution in [-0.4, -0.2) is 24.7 Å². The van der Waals surface area contributed by atoms with Gasteiger partial charge in [0.15, 0.2) is 0 Å². The van der Waals surface area contributed by atoms with E-state index in [9.17, 15) is 9.59 Å². The van der Waals surface area contributed by atoms with Crippen LogP contribution in [0.4, 0.5) is 0 Å². The Kier molecular flexibility index (Phi) is 6.73. The standard InChI is InChI=1S/C18H19ClN2O3S/c1-11-4-6-14(8-12(11)2)25-10-17(22)20-21-18(23)15-9-13(19)5-7-16(15)24-3/h4-9H,10H2,1-3H3,(H,20,22)(H,21,23). The number of thioether (sulfide) groups is 1. The molecule has 0 aliphatic carbocycles. The highest BCUT2D eigenvalue weighted by Gasteiger charge is 2.14. The van der Waals surface area contributed by atoms with E-state index < -0.39 is 5.91 Å². The minimum Gasteiger partial charge on any atom is -0.496 e. The summed E-state index contributed by atoms with van der Waals surface area (Å²) in [6.45, 7) is 4.06. The Hall–Kier alpha value is -2.18. The van der Waals surface area contributed by atoms with Crippen LogP contribution in [0.2, 0.25) is 5.02 Å². The average Bonchev–Trinajstić information content (AvgIpc) is 2.60. The van der Waals surface area contributed by atoms with Gasteiger partial charge in [-0.3, -0.25) is 20.4 Å². The molecule has 0 atom stereocenters. The minimum absolute atomic E-state index is 0.190. The molecule has 0 spiro atoms. The van der Waals surface area contributed by atoms with Crippen molar-refractivity contribution in [1.29, 1.82) is 0 Å². The highest BCUT2D eigenvalue weighted by Crippen LogP contribution is 2.22. The lowest BCUT2D eigenvalue weighted by Crippen LogP contribution is -2.42. The maximum absolute atomic E-state index is 12.2. The molecule has 0 aliphatic heterocycles. The van der Waals surface area contributed by atoms with E-state index in [4.69, 9.17) is 16.3 Å². The van der Waals surface area contributed by atoms with E-state index in [1.54, 1.807) is 12.1 Å². The SMILES string of the molecule is COc1ccc(Cl)cc1C(=O)NNC(=O)CSc1ccc(C)c(C)c1. The van der Waals surface area contributed by atoms with Gasteiger partial charge in [-0.25, -0.2) is 0 Å². The summed E-state index contributed by atoms with van der Waals surface area (Å²) in [6.07, 6.45) is 0. The van der Waals surface area contributed by atoms with Crippen molar-refractivity contribution in [3.63, 3.8) is 0 Å². The molecule has 132 valence electrons. The van der Waals surface area contributed by atoms with Gasteiger partial charge >= 0.3 is 0 Å². The number of aryl methyl sites for hydroxylation is 2. The van der Waals surface area contributed by atoms with Gasteiger partial charge in [-0.15, -0.1) is 11.8 Å². The Morgan fingerprint density at radius 2 is 1.84 bits per heavy atom. The summed E-state index contributed by atoms with van der Waals surface area (Å²) in [5, 5.41) is 0.405. The molecule has 0 saturated heterocycles. The van der Waals surface area contributed by atoms with Crippen molar-refractivity contribution >= 4 is 35.2 Å². The molecule has 2 N–H and O–H groups in total. The largest absolute Gasteiger partial charge is 0.496 e. The Morgan fingerprint density at radius 3 is 2.52 bits per heavy atom. The number of rotatable bonds is 5. The van der Waals surface area contributed by atoms with Crippen molar-refractivity contribution in [3.05, 3.63) is 58.1 Å². The van der Waals surface area contributed by atoms with Crippen molar-refractivity contribution in [2.75, 3.05) is 12.9 Å². The van der Waals surface area contributed by atoms with Crippen molar-refractivity contribution < 1.29 is 14.3 Å². The van der Waals surface area contributed by atoms with Crippen LogP contribution < -0.4 is 15.6 Å². The third-order valence-electron chi connectivity index (χ3n) is 3.57. The molecule has 5 nitrogen and oxygen atoms in total. The zero-order chi connectivity index (χ0) is 18.4. The molecule has 0 aromatic heterocycles. The Bertz CT molecular complexity index is 796. The third kappa shape index (κ3) is 5.41. The summed E-state index contributed by atoms with van der Waals surface area (Å²) in [7, 11) is 1.46. The van der Waals surface area contributed by atoms with E-state index >= 15 is 0 Å². The molecule has 2 amide bonds. The second-order valence-corrected chi connectivity index (χ2v) is 6.87. The molecular weight excluding hydrogens is 360 g/mol. The number of hydrogen-bond acceptors (Lipinski definition) is 4. The Labute approximate surface area is 156 Å². The lowest BCUT2D eigenvalue weighted by Gasteiger charge is -2.11. The van der Waals surface area contributed by atoms with Crippen LogP contribution in [0.25, 0.3) is 0 Å². The number of nitrogens with one attached hydrogen (secondary N) is 2. The highest BCUT2D eigenvalue weighted by molar-refractivity contribution is 8.00. The summed E-state index contributed by atoms with van der Waals surface area (Å²) in [6, 6.07) is 10.7. The van der Waals surface area contributed by atoms with Gasteiger partial charge in [-0.2, -0.15) is 0 Å². The van der Waals surface area contributed by atoms with Gasteiger partial charge in [-0.05, 0) is 55.3 Å². The molecular formula is C18H19ClN2O3S. The Morgan fingerprint density at radius 1 is 1.08 bits per heavy atom. The number of methoxy groups -OCH3 is 1. The number of carbonyl (C=O) groups excluding carboxylic acids is 2. The average molecular weight is 379 g/mol. The summed E-state index contributed by atoms with van der Waals surface area (Å²) in [5.41, 5.74) is 7.38. The molecule has 7 heteroatoms. The third-order valence-corrected chi connectivity index (χ3v) is 4.80. The minimum atomic E-state index is -0.496. The monoisotopic (exact) mass is 378 g/mol. The normalized spacial score (nSPS) is 10.2. The van der Waals surface area contributed by atoms with Crippen molar-refractivity contribution in [3.8, 4) is 5.75 Å². The number of ether oxygens (including phenoxy) is 1. The lowest BCUT2D eigenvalue weighted by molar-refractivity contribution is -0.119. The number of hydrazine groups is 1. The van der Waals surface area contributed by atoms with E-state index in [1.807, 2.05) is 32.0 Å². The second kappa shape index (κ2) is 8.78. The van der Waals surface area contributed by atoms with E-state index in [2.05, 4.69) is 10.9 Å². The molecule has 25 heavy (non-hydrogen) atoms. The van der Waals surface area contributed by atoms with Crippen LogP contribution in [-0.2, 0) is 4.79 Å². The van der Waals surface area contributed by atoms with Crippen LogP contribution in [0.5, 0.6) is 5.75 Å². The van der Waals surface area contributed by atoms with E-state index in [1.165, 1.54) is 36.1 Å². The van der Waals surface area contributed by atoms with Crippen LogP contribution >= 0.6 is 23.4 Å². The molecule has 2 rings (SSSR count). The lowest BCUT2D eigenvalue weighted by atomic mass is 10.1. The van der Waals surface area contributed by atoms with E-state index in [0.717, 1.165) is 4.90 Å². The topological polar surface area (TPSA) is 67.4 Å². The predicted molar refractivity (Wildman–Crippen MR) is 100 cm³/mol. The fraction of sp³-hybridized carbons (Fsp3) is 0.222. The first kappa shape index (κ1) is 19.1. The molecule has 0 aliphatic rings. The summed E-state index contributed by atoms with van der Waals surface area (Å²) >= 11 is 7.30. The zero-order valence-electron chi connectivity index (χ0n) is 14.2. The maximum atomic E-state index is 12.2. The number of hydrogen-bond donors (Lipinski definition) is 2. The van der Waals surface area contributed by atoms with Crippen molar-refractivity contribution in [1.82, 2.24) is 10.9 Å². The van der Waals surface area contributed by atoms with Gasteiger partial charge in [-0.1, -0.05) is 17.7 Å².